The number of halogens is 1. The molecule has 2 atom stereocenters. The summed E-state index contributed by atoms with van der Waals surface area (Å²) in [4.78, 5) is 4.56. The SMILES string of the molecule is COC1CCCC(Oc2ccc(Cl)c(CNC3CC3)n2)C1. The van der Waals surface area contributed by atoms with E-state index in [0.717, 1.165) is 31.4 Å². The number of nitrogens with zero attached hydrogens (tertiary/aromatic N) is 1. The van der Waals surface area contributed by atoms with Gasteiger partial charge in [-0.2, -0.15) is 0 Å². The van der Waals surface area contributed by atoms with Gasteiger partial charge in [-0.3, -0.25) is 0 Å². The number of nitrogens with one attached hydrogen (secondary N) is 1. The van der Waals surface area contributed by atoms with Crippen LogP contribution in [0.2, 0.25) is 5.02 Å². The number of ether oxygens (including phenoxy) is 2. The first-order chi connectivity index (χ1) is 10.2. The van der Waals surface area contributed by atoms with Gasteiger partial charge in [0.05, 0.1) is 16.8 Å². The van der Waals surface area contributed by atoms with Crippen molar-refractivity contribution in [2.24, 2.45) is 0 Å². The lowest BCUT2D eigenvalue weighted by atomic mass is 9.95. The Bertz CT molecular complexity index is 479. The van der Waals surface area contributed by atoms with Crippen LogP contribution in [-0.2, 0) is 11.3 Å². The predicted molar refractivity (Wildman–Crippen MR) is 82.8 cm³/mol. The van der Waals surface area contributed by atoms with Crippen LogP contribution in [0.25, 0.3) is 0 Å². The average molecular weight is 311 g/mol. The lowest BCUT2D eigenvalue weighted by Crippen LogP contribution is -2.29. The molecule has 0 aromatic carbocycles. The molecule has 2 fully saturated rings. The smallest absolute Gasteiger partial charge is 0.213 e. The van der Waals surface area contributed by atoms with E-state index < -0.39 is 0 Å². The van der Waals surface area contributed by atoms with E-state index in [-0.39, 0.29) is 6.10 Å². The highest BCUT2D eigenvalue weighted by Gasteiger charge is 2.24. The summed E-state index contributed by atoms with van der Waals surface area (Å²) in [6.07, 6.45) is 7.31. The summed E-state index contributed by atoms with van der Waals surface area (Å²) in [5.74, 6) is 0.675. The van der Waals surface area contributed by atoms with Crippen molar-refractivity contribution < 1.29 is 9.47 Å². The summed E-state index contributed by atoms with van der Waals surface area (Å²) < 4.78 is 11.5. The van der Waals surface area contributed by atoms with Gasteiger partial charge in [0.25, 0.3) is 0 Å². The highest BCUT2D eigenvalue weighted by Crippen LogP contribution is 2.26. The maximum atomic E-state index is 6.21. The predicted octanol–water partition coefficient (Wildman–Crippen LogP) is 3.32. The van der Waals surface area contributed by atoms with Crippen LogP contribution < -0.4 is 10.1 Å². The Morgan fingerprint density at radius 2 is 2.05 bits per heavy atom. The number of hydrogen-bond donors (Lipinski definition) is 1. The summed E-state index contributed by atoms with van der Waals surface area (Å²) in [7, 11) is 1.77. The molecule has 1 N–H and O–H groups in total. The molecule has 0 amide bonds. The molecule has 2 aliphatic carbocycles. The van der Waals surface area contributed by atoms with Crippen molar-refractivity contribution in [3.63, 3.8) is 0 Å². The van der Waals surface area contributed by atoms with Gasteiger partial charge in [0.2, 0.25) is 5.88 Å². The van der Waals surface area contributed by atoms with E-state index in [1.165, 1.54) is 12.8 Å². The average Bonchev–Trinajstić information content (AvgIpc) is 3.32. The molecule has 116 valence electrons. The molecule has 2 unspecified atom stereocenters. The molecule has 1 heterocycles. The maximum absolute atomic E-state index is 6.21. The van der Waals surface area contributed by atoms with Gasteiger partial charge in [-0.05, 0) is 38.2 Å². The van der Waals surface area contributed by atoms with Crippen molar-refractivity contribution in [2.75, 3.05) is 7.11 Å². The van der Waals surface area contributed by atoms with Crippen molar-refractivity contribution >= 4 is 11.6 Å². The van der Waals surface area contributed by atoms with Crippen LogP contribution in [0.4, 0.5) is 0 Å². The van der Waals surface area contributed by atoms with Crippen LogP contribution in [0.5, 0.6) is 5.88 Å². The first-order valence-electron chi connectivity index (χ1n) is 7.83. The molecule has 1 aromatic heterocycles. The van der Waals surface area contributed by atoms with Gasteiger partial charge in [-0.25, -0.2) is 4.98 Å². The molecule has 2 aliphatic rings. The Kier molecular flexibility index (Phi) is 4.99. The molecule has 2 saturated carbocycles. The van der Waals surface area contributed by atoms with Gasteiger partial charge >= 0.3 is 0 Å². The van der Waals surface area contributed by atoms with E-state index in [2.05, 4.69) is 10.3 Å². The van der Waals surface area contributed by atoms with Gasteiger partial charge in [-0.1, -0.05) is 11.6 Å². The molecule has 0 radical (unpaired) electrons. The van der Waals surface area contributed by atoms with Gasteiger partial charge in [0.15, 0.2) is 0 Å². The van der Waals surface area contributed by atoms with Crippen LogP contribution in [0.3, 0.4) is 0 Å². The van der Waals surface area contributed by atoms with Crippen molar-refractivity contribution in [3.05, 3.63) is 22.8 Å². The summed E-state index contributed by atoms with van der Waals surface area (Å²) in [6.45, 7) is 0.714. The fraction of sp³-hybridized carbons (Fsp3) is 0.688. The Morgan fingerprint density at radius 1 is 1.24 bits per heavy atom. The second kappa shape index (κ2) is 6.95. The van der Waals surface area contributed by atoms with Crippen molar-refractivity contribution in [1.29, 1.82) is 0 Å². The fourth-order valence-corrected chi connectivity index (χ4v) is 2.95. The van der Waals surface area contributed by atoms with E-state index in [1.807, 2.05) is 12.1 Å². The lowest BCUT2D eigenvalue weighted by Gasteiger charge is -2.28. The monoisotopic (exact) mass is 310 g/mol. The summed E-state index contributed by atoms with van der Waals surface area (Å²) in [5.41, 5.74) is 0.875. The third-order valence-electron chi connectivity index (χ3n) is 4.23. The van der Waals surface area contributed by atoms with Crippen LogP contribution in [0, 0.1) is 0 Å². The second-order valence-electron chi connectivity index (χ2n) is 6.00. The zero-order valence-corrected chi connectivity index (χ0v) is 13.2. The first-order valence-corrected chi connectivity index (χ1v) is 8.20. The summed E-state index contributed by atoms with van der Waals surface area (Å²) >= 11 is 6.21. The zero-order chi connectivity index (χ0) is 14.7. The molecule has 4 nitrogen and oxygen atoms in total. The molecular weight excluding hydrogens is 288 g/mol. The lowest BCUT2D eigenvalue weighted by molar-refractivity contribution is 0.0194. The molecule has 5 heteroatoms. The minimum absolute atomic E-state index is 0.196. The Hall–Kier alpha value is -0.840. The van der Waals surface area contributed by atoms with Crippen molar-refractivity contribution in [1.82, 2.24) is 10.3 Å². The number of aromatic nitrogens is 1. The van der Waals surface area contributed by atoms with Crippen LogP contribution >= 0.6 is 11.6 Å². The molecule has 0 bridgehead atoms. The van der Waals surface area contributed by atoms with E-state index in [4.69, 9.17) is 21.1 Å². The van der Waals surface area contributed by atoms with Gasteiger partial charge in [0, 0.05) is 32.2 Å². The molecule has 0 spiro atoms. The molecule has 1 aromatic rings. The molecule has 0 aliphatic heterocycles. The van der Waals surface area contributed by atoms with E-state index in [1.54, 1.807) is 7.11 Å². The fourth-order valence-electron chi connectivity index (χ4n) is 2.78. The normalized spacial score (nSPS) is 25.8. The highest BCUT2D eigenvalue weighted by atomic mass is 35.5. The maximum Gasteiger partial charge on any atom is 0.213 e. The second-order valence-corrected chi connectivity index (χ2v) is 6.40. The summed E-state index contributed by atoms with van der Waals surface area (Å²) in [6, 6.07) is 4.39. The van der Waals surface area contributed by atoms with Crippen molar-refractivity contribution in [2.45, 2.75) is 63.3 Å². The Morgan fingerprint density at radius 3 is 2.81 bits per heavy atom. The molecule has 0 saturated heterocycles. The molecule has 3 rings (SSSR count). The van der Waals surface area contributed by atoms with E-state index >= 15 is 0 Å². The first kappa shape index (κ1) is 15.1. The minimum atomic E-state index is 0.196. The minimum Gasteiger partial charge on any atom is -0.474 e. The van der Waals surface area contributed by atoms with Crippen LogP contribution in [0.1, 0.15) is 44.2 Å². The van der Waals surface area contributed by atoms with Gasteiger partial charge in [-0.15, -0.1) is 0 Å². The third kappa shape index (κ3) is 4.31. The topological polar surface area (TPSA) is 43.4 Å². The standard InChI is InChI=1S/C16H23ClN2O2/c1-20-12-3-2-4-13(9-12)21-16-8-7-14(17)15(19-16)10-18-11-5-6-11/h7-8,11-13,18H,2-6,9-10H2,1H3. The Labute approximate surface area is 131 Å². The summed E-state index contributed by atoms with van der Waals surface area (Å²) in [5, 5.41) is 4.14. The van der Waals surface area contributed by atoms with Crippen LogP contribution in [-0.4, -0.2) is 30.3 Å². The number of hydrogen-bond acceptors (Lipinski definition) is 4. The van der Waals surface area contributed by atoms with E-state index in [0.29, 0.717) is 29.6 Å². The quantitative estimate of drug-likeness (QED) is 0.875. The molecule has 21 heavy (non-hydrogen) atoms. The highest BCUT2D eigenvalue weighted by molar-refractivity contribution is 6.31. The number of methoxy groups -OCH3 is 1. The van der Waals surface area contributed by atoms with Gasteiger partial charge in [0.1, 0.15) is 6.10 Å². The number of pyridine rings is 1. The van der Waals surface area contributed by atoms with Crippen molar-refractivity contribution in [3.8, 4) is 5.88 Å². The number of rotatable bonds is 6. The zero-order valence-electron chi connectivity index (χ0n) is 12.5. The van der Waals surface area contributed by atoms with E-state index in [9.17, 15) is 0 Å². The molecular formula is C16H23ClN2O2. The van der Waals surface area contributed by atoms with Gasteiger partial charge < -0.3 is 14.8 Å². The van der Waals surface area contributed by atoms with Crippen LogP contribution in [0.15, 0.2) is 12.1 Å². The Balaban J connectivity index is 1.60. The largest absolute Gasteiger partial charge is 0.474 e. The third-order valence-corrected chi connectivity index (χ3v) is 4.57.